The molecular formula is C14H19N3O4. The van der Waals surface area contributed by atoms with Crippen LogP contribution in [0.4, 0.5) is 11.4 Å². The lowest BCUT2D eigenvalue weighted by Crippen LogP contribution is -2.29. The van der Waals surface area contributed by atoms with E-state index in [1.807, 2.05) is 0 Å². The number of nitro groups is 1. The first-order valence-electron chi connectivity index (χ1n) is 6.99. The van der Waals surface area contributed by atoms with E-state index in [0.717, 1.165) is 31.7 Å². The molecule has 1 aliphatic carbocycles. The third-order valence-electron chi connectivity index (χ3n) is 3.99. The minimum atomic E-state index is -0.624. The summed E-state index contributed by atoms with van der Waals surface area (Å²) in [5, 5.41) is 22.8. The molecule has 1 fully saturated rings. The van der Waals surface area contributed by atoms with Crippen LogP contribution in [-0.2, 0) is 4.79 Å². The number of anilines is 1. The molecule has 1 amide bonds. The summed E-state index contributed by atoms with van der Waals surface area (Å²) >= 11 is 0. The van der Waals surface area contributed by atoms with Crippen molar-refractivity contribution in [3.63, 3.8) is 0 Å². The molecule has 0 spiro atoms. The number of aromatic hydroxyl groups is 1. The first-order valence-corrected chi connectivity index (χ1v) is 6.99. The van der Waals surface area contributed by atoms with Crippen LogP contribution in [0.25, 0.3) is 0 Å². The number of nitro benzene ring substituents is 1. The second-order valence-electron chi connectivity index (χ2n) is 5.40. The van der Waals surface area contributed by atoms with Gasteiger partial charge in [-0.15, -0.1) is 0 Å². The van der Waals surface area contributed by atoms with Crippen molar-refractivity contribution in [1.29, 1.82) is 0 Å². The minimum Gasteiger partial charge on any atom is -0.508 e. The molecule has 114 valence electrons. The summed E-state index contributed by atoms with van der Waals surface area (Å²) in [5.41, 5.74) is 5.42. The molecule has 4 N–H and O–H groups in total. The summed E-state index contributed by atoms with van der Waals surface area (Å²) in [6.45, 7) is 0.637. The van der Waals surface area contributed by atoms with E-state index in [-0.39, 0.29) is 28.9 Å². The van der Waals surface area contributed by atoms with Gasteiger partial charge in [0.25, 0.3) is 5.69 Å². The van der Waals surface area contributed by atoms with E-state index in [9.17, 15) is 20.0 Å². The van der Waals surface area contributed by atoms with Gasteiger partial charge in [-0.3, -0.25) is 14.9 Å². The van der Waals surface area contributed by atoms with Crippen LogP contribution >= 0.6 is 0 Å². The maximum atomic E-state index is 12.2. The number of hydrogen-bond donors (Lipinski definition) is 3. The van der Waals surface area contributed by atoms with E-state index in [4.69, 9.17) is 5.73 Å². The Balaban J connectivity index is 2.05. The predicted octanol–water partition coefficient (Wildman–Crippen LogP) is 2.00. The third-order valence-corrected chi connectivity index (χ3v) is 3.99. The number of nitrogens with two attached hydrogens (primary N) is 1. The fraction of sp³-hybridized carbons (Fsp3) is 0.500. The molecule has 0 aliphatic heterocycles. The molecular weight excluding hydrogens is 274 g/mol. The summed E-state index contributed by atoms with van der Waals surface area (Å²) in [6, 6.07) is 3.69. The first kappa shape index (κ1) is 15.2. The molecule has 0 saturated heterocycles. The number of benzene rings is 1. The highest BCUT2D eigenvalue weighted by Gasteiger charge is 2.27. The Labute approximate surface area is 122 Å². The number of nitrogens with zero attached hydrogens (tertiary/aromatic N) is 1. The molecule has 0 heterocycles. The maximum absolute atomic E-state index is 12.2. The highest BCUT2D eigenvalue weighted by Crippen LogP contribution is 2.32. The Morgan fingerprint density at radius 1 is 1.38 bits per heavy atom. The van der Waals surface area contributed by atoms with Crippen LogP contribution in [0, 0.1) is 22.0 Å². The van der Waals surface area contributed by atoms with Crippen LogP contribution in [0.2, 0.25) is 0 Å². The van der Waals surface area contributed by atoms with Gasteiger partial charge in [0.1, 0.15) is 11.4 Å². The molecule has 7 nitrogen and oxygen atoms in total. The van der Waals surface area contributed by atoms with Crippen molar-refractivity contribution in [2.75, 3.05) is 11.9 Å². The van der Waals surface area contributed by atoms with Crippen LogP contribution < -0.4 is 11.1 Å². The van der Waals surface area contributed by atoms with Crippen molar-refractivity contribution >= 4 is 17.3 Å². The monoisotopic (exact) mass is 293 g/mol. The highest BCUT2D eigenvalue weighted by molar-refractivity contribution is 5.94. The highest BCUT2D eigenvalue weighted by atomic mass is 16.6. The summed E-state index contributed by atoms with van der Waals surface area (Å²) in [7, 11) is 0. The molecule has 1 saturated carbocycles. The fourth-order valence-electron chi connectivity index (χ4n) is 2.67. The lowest BCUT2D eigenvalue weighted by atomic mass is 9.81. The second kappa shape index (κ2) is 6.53. The molecule has 1 aromatic carbocycles. The zero-order chi connectivity index (χ0) is 15.4. The largest absolute Gasteiger partial charge is 0.508 e. The van der Waals surface area contributed by atoms with Crippen molar-refractivity contribution in [2.45, 2.75) is 25.7 Å². The van der Waals surface area contributed by atoms with Crippen molar-refractivity contribution in [3.8, 4) is 5.75 Å². The summed E-state index contributed by atoms with van der Waals surface area (Å²) in [5.74, 6) is -0.0827. The lowest BCUT2D eigenvalue weighted by Gasteiger charge is -2.26. The van der Waals surface area contributed by atoms with E-state index in [2.05, 4.69) is 5.32 Å². The van der Waals surface area contributed by atoms with Crippen molar-refractivity contribution < 1.29 is 14.8 Å². The standard InChI is InChI=1S/C14H19N3O4/c15-8-9-1-3-10(4-2-9)14(19)16-12-6-5-11(18)7-13(12)17(20)21/h5-7,9-10,18H,1-4,8,15H2,(H,16,19). The number of carbonyl (C=O) groups is 1. The molecule has 0 unspecified atom stereocenters. The molecule has 2 rings (SSSR count). The van der Waals surface area contributed by atoms with Gasteiger partial charge in [0.05, 0.1) is 11.0 Å². The summed E-state index contributed by atoms with van der Waals surface area (Å²) in [4.78, 5) is 22.5. The molecule has 0 bridgehead atoms. The number of nitrogens with one attached hydrogen (secondary N) is 1. The van der Waals surface area contributed by atoms with Gasteiger partial charge < -0.3 is 16.2 Å². The Bertz CT molecular complexity index is 539. The normalized spacial score (nSPS) is 21.8. The van der Waals surface area contributed by atoms with Crippen LogP contribution in [0.15, 0.2) is 18.2 Å². The molecule has 7 heteroatoms. The van der Waals surface area contributed by atoms with Gasteiger partial charge in [-0.25, -0.2) is 0 Å². The number of phenolic OH excluding ortho intramolecular Hbond substituents is 1. The zero-order valence-corrected chi connectivity index (χ0v) is 11.6. The number of amides is 1. The fourth-order valence-corrected chi connectivity index (χ4v) is 2.67. The second-order valence-corrected chi connectivity index (χ2v) is 5.40. The molecule has 1 aromatic rings. The van der Waals surface area contributed by atoms with E-state index in [1.165, 1.54) is 12.1 Å². The number of phenols is 1. The molecule has 1 aliphatic rings. The molecule has 0 aromatic heterocycles. The maximum Gasteiger partial charge on any atom is 0.296 e. The van der Waals surface area contributed by atoms with E-state index in [1.54, 1.807) is 0 Å². The zero-order valence-electron chi connectivity index (χ0n) is 11.6. The van der Waals surface area contributed by atoms with Crippen LogP contribution in [0.3, 0.4) is 0 Å². The SMILES string of the molecule is NCC1CCC(C(=O)Nc2ccc(O)cc2[N+](=O)[O-])CC1. The molecule has 0 atom stereocenters. The Morgan fingerprint density at radius 2 is 2.05 bits per heavy atom. The Hall–Kier alpha value is -2.15. The van der Waals surface area contributed by atoms with Gasteiger partial charge in [0, 0.05) is 5.92 Å². The van der Waals surface area contributed by atoms with Crippen molar-refractivity contribution in [2.24, 2.45) is 17.6 Å². The Morgan fingerprint density at radius 3 is 2.62 bits per heavy atom. The van der Waals surface area contributed by atoms with Gasteiger partial charge in [-0.05, 0) is 50.3 Å². The van der Waals surface area contributed by atoms with E-state index >= 15 is 0 Å². The third kappa shape index (κ3) is 3.69. The predicted molar refractivity (Wildman–Crippen MR) is 77.9 cm³/mol. The smallest absolute Gasteiger partial charge is 0.296 e. The molecule has 21 heavy (non-hydrogen) atoms. The minimum absolute atomic E-state index is 0.115. The van der Waals surface area contributed by atoms with Gasteiger partial charge in [0.15, 0.2) is 0 Å². The van der Waals surface area contributed by atoms with Gasteiger partial charge in [-0.2, -0.15) is 0 Å². The number of hydrogen-bond acceptors (Lipinski definition) is 5. The van der Waals surface area contributed by atoms with Gasteiger partial charge in [-0.1, -0.05) is 0 Å². The topological polar surface area (TPSA) is 118 Å². The first-order chi connectivity index (χ1) is 10.0. The summed E-state index contributed by atoms with van der Waals surface area (Å²) in [6.07, 6.45) is 3.32. The Kier molecular flexibility index (Phi) is 4.74. The van der Waals surface area contributed by atoms with E-state index < -0.39 is 4.92 Å². The van der Waals surface area contributed by atoms with E-state index in [0.29, 0.717) is 12.5 Å². The van der Waals surface area contributed by atoms with Crippen molar-refractivity contribution in [3.05, 3.63) is 28.3 Å². The number of rotatable bonds is 4. The van der Waals surface area contributed by atoms with Crippen LogP contribution in [0.1, 0.15) is 25.7 Å². The van der Waals surface area contributed by atoms with Crippen molar-refractivity contribution in [1.82, 2.24) is 0 Å². The van der Waals surface area contributed by atoms with Gasteiger partial charge in [0.2, 0.25) is 5.91 Å². The van der Waals surface area contributed by atoms with Gasteiger partial charge >= 0.3 is 0 Å². The summed E-state index contributed by atoms with van der Waals surface area (Å²) < 4.78 is 0. The van der Waals surface area contributed by atoms with Crippen LogP contribution in [0.5, 0.6) is 5.75 Å². The average molecular weight is 293 g/mol. The number of carbonyl (C=O) groups excluding carboxylic acids is 1. The lowest BCUT2D eigenvalue weighted by molar-refractivity contribution is -0.384. The molecule has 0 radical (unpaired) electrons. The average Bonchev–Trinajstić information content (AvgIpc) is 2.49. The quantitative estimate of drug-likeness (QED) is 0.445. The van der Waals surface area contributed by atoms with Crippen LogP contribution in [-0.4, -0.2) is 22.5 Å².